The van der Waals surface area contributed by atoms with Crippen molar-refractivity contribution in [1.82, 2.24) is 0 Å². The smallest absolute Gasteiger partial charge is 0.271 e. The third kappa shape index (κ3) is 4.26. The van der Waals surface area contributed by atoms with E-state index in [2.05, 4.69) is 10.0 Å². The minimum Gasteiger partial charge on any atom is -0.382 e. The topological polar surface area (TPSA) is 58.2 Å². The molecule has 0 amide bonds. The standard InChI is InChI=1S/C17H22N2O2S2/c1-13-7-12-17(22-13)23(20,21)19-16-10-8-15(9-11-16)18-14-5-3-2-4-6-14/h7-12,14,18-19H,2-6H2,1H3. The van der Waals surface area contributed by atoms with Gasteiger partial charge >= 0.3 is 0 Å². The molecule has 6 heteroatoms. The van der Waals surface area contributed by atoms with E-state index in [4.69, 9.17) is 0 Å². The molecule has 0 radical (unpaired) electrons. The van der Waals surface area contributed by atoms with E-state index in [1.807, 2.05) is 37.3 Å². The molecule has 3 rings (SSSR count). The zero-order valence-corrected chi connectivity index (χ0v) is 14.8. The average Bonchev–Trinajstić information content (AvgIpc) is 2.98. The Morgan fingerprint density at radius 2 is 1.61 bits per heavy atom. The Kier molecular flexibility index (Phi) is 4.92. The van der Waals surface area contributed by atoms with Crippen LogP contribution in [0.1, 0.15) is 37.0 Å². The Morgan fingerprint density at radius 3 is 2.22 bits per heavy atom. The predicted molar refractivity (Wildman–Crippen MR) is 96.8 cm³/mol. The lowest BCUT2D eigenvalue weighted by molar-refractivity contribution is 0.463. The quantitative estimate of drug-likeness (QED) is 0.828. The molecule has 1 aromatic carbocycles. The summed E-state index contributed by atoms with van der Waals surface area (Å²) in [5, 5.41) is 3.53. The Bertz CT molecular complexity index is 745. The second kappa shape index (κ2) is 6.93. The van der Waals surface area contributed by atoms with Crippen LogP contribution in [0.25, 0.3) is 0 Å². The van der Waals surface area contributed by atoms with Gasteiger partial charge in [-0.2, -0.15) is 0 Å². The van der Waals surface area contributed by atoms with Crippen LogP contribution in [0, 0.1) is 6.92 Å². The number of anilines is 2. The highest BCUT2D eigenvalue weighted by Gasteiger charge is 2.16. The van der Waals surface area contributed by atoms with Crippen LogP contribution in [0.2, 0.25) is 0 Å². The molecule has 23 heavy (non-hydrogen) atoms. The Morgan fingerprint density at radius 1 is 0.957 bits per heavy atom. The fourth-order valence-corrected chi connectivity index (χ4v) is 5.22. The van der Waals surface area contributed by atoms with Gasteiger partial charge < -0.3 is 5.32 Å². The molecule has 0 bridgehead atoms. The molecule has 2 N–H and O–H groups in total. The summed E-state index contributed by atoms with van der Waals surface area (Å²) in [5.41, 5.74) is 1.64. The Hall–Kier alpha value is -1.53. The number of nitrogens with one attached hydrogen (secondary N) is 2. The van der Waals surface area contributed by atoms with Gasteiger partial charge in [0.1, 0.15) is 4.21 Å². The number of hydrogen-bond acceptors (Lipinski definition) is 4. The van der Waals surface area contributed by atoms with E-state index in [9.17, 15) is 8.42 Å². The van der Waals surface area contributed by atoms with E-state index in [1.54, 1.807) is 6.07 Å². The average molecular weight is 351 g/mol. The lowest BCUT2D eigenvalue weighted by Gasteiger charge is -2.23. The SMILES string of the molecule is Cc1ccc(S(=O)(=O)Nc2ccc(NC3CCCCC3)cc2)s1. The highest BCUT2D eigenvalue weighted by atomic mass is 32.2. The maximum atomic E-state index is 12.3. The molecule has 1 saturated carbocycles. The van der Waals surface area contributed by atoms with Crippen molar-refractivity contribution in [2.45, 2.75) is 49.3 Å². The van der Waals surface area contributed by atoms with E-state index in [-0.39, 0.29) is 0 Å². The summed E-state index contributed by atoms with van der Waals surface area (Å²) < 4.78 is 27.6. The van der Waals surface area contributed by atoms with E-state index >= 15 is 0 Å². The van der Waals surface area contributed by atoms with Gasteiger partial charge in [0.25, 0.3) is 10.0 Å². The van der Waals surface area contributed by atoms with Crippen molar-refractivity contribution < 1.29 is 8.42 Å². The highest BCUT2D eigenvalue weighted by Crippen LogP contribution is 2.25. The summed E-state index contributed by atoms with van der Waals surface area (Å²) in [6, 6.07) is 11.5. The van der Waals surface area contributed by atoms with Crippen LogP contribution in [0.3, 0.4) is 0 Å². The number of sulfonamides is 1. The molecular formula is C17H22N2O2S2. The third-order valence-electron chi connectivity index (χ3n) is 4.09. The summed E-state index contributed by atoms with van der Waals surface area (Å²) in [6.45, 7) is 1.90. The van der Waals surface area contributed by atoms with Gasteiger partial charge in [0.2, 0.25) is 0 Å². The van der Waals surface area contributed by atoms with Gasteiger partial charge in [-0.05, 0) is 56.2 Å². The number of thiophene rings is 1. The number of rotatable bonds is 5. The number of aryl methyl sites for hydroxylation is 1. The molecule has 1 aliphatic rings. The lowest BCUT2D eigenvalue weighted by atomic mass is 9.95. The fraction of sp³-hybridized carbons (Fsp3) is 0.412. The molecule has 0 saturated heterocycles. The summed E-state index contributed by atoms with van der Waals surface area (Å²) in [5.74, 6) is 0. The van der Waals surface area contributed by atoms with Gasteiger partial charge in [-0.25, -0.2) is 8.42 Å². The van der Waals surface area contributed by atoms with Crippen LogP contribution in [-0.2, 0) is 10.0 Å². The summed E-state index contributed by atoms with van der Waals surface area (Å²) in [4.78, 5) is 0.984. The van der Waals surface area contributed by atoms with Crippen molar-refractivity contribution >= 4 is 32.7 Å². The van der Waals surface area contributed by atoms with Gasteiger partial charge in [-0.15, -0.1) is 11.3 Å². The molecule has 4 nitrogen and oxygen atoms in total. The number of benzene rings is 1. The summed E-state index contributed by atoms with van der Waals surface area (Å²) in [7, 11) is -3.48. The van der Waals surface area contributed by atoms with Gasteiger partial charge in [0, 0.05) is 22.3 Å². The molecule has 0 atom stereocenters. The Labute approximate surface area is 142 Å². The molecule has 2 aromatic rings. The predicted octanol–water partition coefficient (Wildman–Crippen LogP) is 4.60. The van der Waals surface area contributed by atoms with Crippen molar-refractivity contribution in [3.63, 3.8) is 0 Å². The molecule has 0 spiro atoms. The molecule has 1 heterocycles. The highest BCUT2D eigenvalue weighted by molar-refractivity contribution is 7.94. The zero-order valence-electron chi connectivity index (χ0n) is 13.2. The zero-order chi connectivity index (χ0) is 16.3. The van der Waals surface area contributed by atoms with Crippen LogP contribution in [0.4, 0.5) is 11.4 Å². The molecule has 1 aromatic heterocycles. The maximum Gasteiger partial charge on any atom is 0.271 e. The van der Waals surface area contributed by atoms with Gasteiger partial charge in [0.15, 0.2) is 0 Å². The first-order valence-corrected chi connectivity index (χ1v) is 10.3. The van der Waals surface area contributed by atoms with E-state index in [0.717, 1.165) is 10.6 Å². The van der Waals surface area contributed by atoms with Gasteiger partial charge in [-0.3, -0.25) is 4.72 Å². The molecule has 0 aliphatic heterocycles. The second-order valence-corrected chi connectivity index (χ2v) is 9.22. The van der Waals surface area contributed by atoms with Gasteiger partial charge in [0.05, 0.1) is 0 Å². The maximum absolute atomic E-state index is 12.3. The Balaban J connectivity index is 1.65. The van der Waals surface area contributed by atoms with Crippen molar-refractivity contribution in [3.8, 4) is 0 Å². The molecular weight excluding hydrogens is 328 g/mol. The van der Waals surface area contributed by atoms with Crippen LogP contribution >= 0.6 is 11.3 Å². The second-order valence-electron chi connectivity index (χ2n) is 6.03. The van der Waals surface area contributed by atoms with Crippen molar-refractivity contribution in [2.75, 3.05) is 10.0 Å². The van der Waals surface area contributed by atoms with Gasteiger partial charge in [-0.1, -0.05) is 19.3 Å². The molecule has 1 fully saturated rings. The minimum atomic E-state index is -3.48. The van der Waals surface area contributed by atoms with Crippen molar-refractivity contribution in [1.29, 1.82) is 0 Å². The minimum absolute atomic E-state index is 0.347. The van der Waals surface area contributed by atoms with Crippen LogP contribution < -0.4 is 10.0 Å². The number of hydrogen-bond donors (Lipinski definition) is 2. The lowest BCUT2D eigenvalue weighted by Crippen LogP contribution is -2.22. The van der Waals surface area contributed by atoms with E-state index in [0.29, 0.717) is 15.9 Å². The first-order chi connectivity index (χ1) is 11.0. The van der Waals surface area contributed by atoms with Crippen molar-refractivity contribution in [3.05, 3.63) is 41.3 Å². The fourth-order valence-electron chi connectivity index (χ4n) is 2.88. The third-order valence-corrected chi connectivity index (χ3v) is 6.97. The summed E-state index contributed by atoms with van der Waals surface area (Å²) in [6.07, 6.45) is 6.34. The van der Waals surface area contributed by atoms with Crippen LogP contribution in [0.15, 0.2) is 40.6 Å². The normalized spacial score (nSPS) is 16.2. The van der Waals surface area contributed by atoms with E-state index < -0.39 is 10.0 Å². The first kappa shape index (κ1) is 16.3. The van der Waals surface area contributed by atoms with Crippen molar-refractivity contribution in [2.24, 2.45) is 0 Å². The van der Waals surface area contributed by atoms with Crippen LogP contribution in [0.5, 0.6) is 0 Å². The van der Waals surface area contributed by atoms with E-state index in [1.165, 1.54) is 43.4 Å². The monoisotopic (exact) mass is 350 g/mol. The first-order valence-electron chi connectivity index (χ1n) is 7.99. The van der Waals surface area contributed by atoms with Crippen LogP contribution in [-0.4, -0.2) is 14.5 Å². The largest absolute Gasteiger partial charge is 0.382 e. The molecule has 1 aliphatic carbocycles. The molecule has 124 valence electrons. The molecule has 0 unspecified atom stereocenters. The summed E-state index contributed by atoms with van der Waals surface area (Å²) >= 11 is 1.28.